The van der Waals surface area contributed by atoms with E-state index >= 15 is 0 Å². The zero-order valence-electron chi connectivity index (χ0n) is 12.1. The Bertz CT molecular complexity index is 264. The van der Waals surface area contributed by atoms with Crippen LogP contribution in [0.5, 0.6) is 0 Å². The number of hydrogen-bond donors (Lipinski definition) is 2. The van der Waals surface area contributed by atoms with Crippen LogP contribution in [-0.4, -0.2) is 38.8 Å². The molecule has 0 saturated carbocycles. The Balaban J connectivity index is 4.46. The number of nitrogens with one attached hydrogen (secondary N) is 1. The zero-order valence-corrected chi connectivity index (χ0v) is 13.1. The van der Waals surface area contributed by atoms with Gasteiger partial charge in [0.25, 0.3) is 0 Å². The van der Waals surface area contributed by atoms with Crippen molar-refractivity contribution in [1.82, 2.24) is 5.23 Å². The first-order valence-electron chi connectivity index (χ1n) is 6.06. The van der Waals surface area contributed by atoms with E-state index in [2.05, 4.69) is 39.1 Å². The molecule has 0 radical (unpaired) electrons. The van der Waals surface area contributed by atoms with E-state index in [0.717, 1.165) is 0 Å². The van der Waals surface area contributed by atoms with Gasteiger partial charge in [-0.1, -0.05) is 20.8 Å². The first kappa shape index (κ1) is 16.8. The summed E-state index contributed by atoms with van der Waals surface area (Å²) in [4.78, 5) is 11.4. The van der Waals surface area contributed by atoms with Crippen molar-refractivity contribution in [3.63, 3.8) is 0 Å². The molecule has 100 valence electrons. The average molecular weight is 259 g/mol. The molecule has 1 atom stereocenters. The third-order valence-corrected chi connectivity index (χ3v) is 7.85. The van der Waals surface area contributed by atoms with Crippen LogP contribution in [0.25, 0.3) is 0 Å². The number of carbonyl (C=O) groups is 1. The van der Waals surface area contributed by atoms with E-state index in [9.17, 15) is 9.82 Å². The fourth-order valence-corrected chi connectivity index (χ4v) is 2.10. The molecule has 2 N–H and O–H groups in total. The topological polar surface area (TPSA) is 58.6 Å². The lowest BCUT2D eigenvalue weighted by Crippen LogP contribution is -2.50. The highest BCUT2D eigenvalue weighted by molar-refractivity contribution is 6.74. The fourth-order valence-electron chi connectivity index (χ4n) is 1.08. The van der Waals surface area contributed by atoms with Crippen LogP contribution in [-0.2, 0) is 9.22 Å². The SMILES string of the molecule is CB(O)N[C@H](CO[Si](C)(C)C(C)(C)C)C(C)=O. The van der Waals surface area contributed by atoms with Gasteiger partial charge in [-0.3, -0.25) is 4.79 Å². The van der Waals surface area contributed by atoms with Gasteiger partial charge in [0, 0.05) is 0 Å². The van der Waals surface area contributed by atoms with E-state index in [0.29, 0.717) is 6.61 Å². The molecule has 17 heavy (non-hydrogen) atoms. The van der Waals surface area contributed by atoms with Gasteiger partial charge in [0.2, 0.25) is 0 Å². The number of Topliss-reactive ketones (excluding diaryl/α,β-unsaturated/α-hetero) is 1. The van der Waals surface area contributed by atoms with Gasteiger partial charge in [0.05, 0.1) is 12.6 Å². The third-order valence-electron chi connectivity index (χ3n) is 3.35. The first-order valence-corrected chi connectivity index (χ1v) is 8.96. The van der Waals surface area contributed by atoms with Crippen molar-refractivity contribution in [2.24, 2.45) is 0 Å². The van der Waals surface area contributed by atoms with E-state index in [-0.39, 0.29) is 10.8 Å². The maximum absolute atomic E-state index is 11.4. The molecule has 0 saturated heterocycles. The lowest BCUT2D eigenvalue weighted by Gasteiger charge is -2.37. The summed E-state index contributed by atoms with van der Waals surface area (Å²) in [5.41, 5.74) is 0. The Labute approximate surface area is 106 Å². The molecular weight excluding hydrogens is 233 g/mol. The number of carbonyl (C=O) groups excluding carboxylic acids is 1. The van der Waals surface area contributed by atoms with Crippen LogP contribution in [0, 0.1) is 0 Å². The van der Waals surface area contributed by atoms with Crippen molar-refractivity contribution < 1.29 is 14.2 Å². The smallest absolute Gasteiger partial charge is 0.374 e. The monoisotopic (exact) mass is 259 g/mol. The summed E-state index contributed by atoms with van der Waals surface area (Å²) in [6.45, 7) is 14.2. The van der Waals surface area contributed by atoms with Gasteiger partial charge in [-0.25, -0.2) is 0 Å². The standard InChI is InChI=1S/C11H26BNO3Si/c1-9(14)10(13-12(5)15)8-16-17(6,7)11(2,3)4/h10,13,15H,8H2,1-7H3/t10-/m1/s1. The Morgan fingerprint density at radius 1 is 1.47 bits per heavy atom. The van der Waals surface area contributed by atoms with Crippen LogP contribution in [0.4, 0.5) is 0 Å². The summed E-state index contributed by atoms with van der Waals surface area (Å²) in [6, 6.07) is -0.427. The molecule has 0 aliphatic carbocycles. The molecule has 0 aromatic rings. The van der Waals surface area contributed by atoms with Crippen molar-refractivity contribution >= 4 is 21.2 Å². The van der Waals surface area contributed by atoms with Gasteiger partial charge >= 0.3 is 7.05 Å². The second-order valence-corrected chi connectivity index (χ2v) is 10.9. The average Bonchev–Trinajstić information content (AvgIpc) is 2.09. The van der Waals surface area contributed by atoms with E-state index in [4.69, 9.17) is 4.43 Å². The molecule has 0 aromatic carbocycles. The van der Waals surface area contributed by atoms with Crippen molar-refractivity contribution in [2.45, 2.75) is 58.7 Å². The molecule has 0 fully saturated rings. The van der Waals surface area contributed by atoms with Gasteiger partial charge < -0.3 is 14.7 Å². The lowest BCUT2D eigenvalue weighted by molar-refractivity contribution is -0.119. The Morgan fingerprint density at radius 2 is 1.94 bits per heavy atom. The molecule has 4 nitrogen and oxygen atoms in total. The van der Waals surface area contributed by atoms with Crippen molar-refractivity contribution in [1.29, 1.82) is 0 Å². The van der Waals surface area contributed by atoms with Gasteiger partial charge in [0.1, 0.15) is 5.78 Å². The van der Waals surface area contributed by atoms with Gasteiger partial charge in [-0.05, 0) is 31.9 Å². The summed E-state index contributed by atoms with van der Waals surface area (Å²) < 4.78 is 5.96. The summed E-state index contributed by atoms with van der Waals surface area (Å²) in [7, 11) is -2.54. The highest BCUT2D eigenvalue weighted by Crippen LogP contribution is 2.36. The van der Waals surface area contributed by atoms with E-state index in [1.165, 1.54) is 6.92 Å². The van der Waals surface area contributed by atoms with Crippen LogP contribution in [0.15, 0.2) is 0 Å². The second-order valence-electron chi connectivity index (χ2n) is 6.08. The quantitative estimate of drug-likeness (QED) is 0.712. The van der Waals surface area contributed by atoms with Gasteiger partial charge in [-0.2, -0.15) is 0 Å². The van der Waals surface area contributed by atoms with Crippen LogP contribution < -0.4 is 5.23 Å². The van der Waals surface area contributed by atoms with Crippen molar-refractivity contribution in [3.8, 4) is 0 Å². The second kappa shape index (κ2) is 6.13. The molecule has 0 bridgehead atoms. The molecule has 6 heteroatoms. The number of rotatable bonds is 6. The molecule has 0 aliphatic heterocycles. The number of ketones is 1. The summed E-state index contributed by atoms with van der Waals surface area (Å²) in [6.07, 6.45) is 0. The predicted octanol–water partition coefficient (Wildman–Crippen LogP) is 1.67. The Hall–Kier alpha value is -0.168. The Kier molecular flexibility index (Phi) is 6.07. The van der Waals surface area contributed by atoms with E-state index in [1.807, 2.05) is 0 Å². The Morgan fingerprint density at radius 3 is 2.24 bits per heavy atom. The molecule has 0 heterocycles. The first-order chi connectivity index (χ1) is 7.47. The molecule has 0 unspecified atom stereocenters. The van der Waals surface area contributed by atoms with Crippen LogP contribution in [0.1, 0.15) is 27.7 Å². The minimum Gasteiger partial charge on any atom is -0.437 e. The highest BCUT2D eigenvalue weighted by Gasteiger charge is 2.38. The van der Waals surface area contributed by atoms with E-state index < -0.39 is 21.4 Å². The van der Waals surface area contributed by atoms with Gasteiger partial charge in [0.15, 0.2) is 8.32 Å². The van der Waals surface area contributed by atoms with Crippen LogP contribution in [0.2, 0.25) is 25.0 Å². The lowest BCUT2D eigenvalue weighted by atomic mass is 9.87. The van der Waals surface area contributed by atoms with Crippen LogP contribution >= 0.6 is 0 Å². The maximum atomic E-state index is 11.4. The molecule has 0 spiro atoms. The molecule has 0 rings (SSSR count). The third kappa shape index (κ3) is 5.81. The van der Waals surface area contributed by atoms with E-state index in [1.54, 1.807) is 6.82 Å². The zero-order chi connectivity index (χ0) is 13.9. The minimum absolute atomic E-state index is 0.00962. The molecular formula is C11H26BNO3Si. The normalized spacial score (nSPS) is 14.6. The number of hydrogen-bond acceptors (Lipinski definition) is 4. The fraction of sp³-hybridized carbons (Fsp3) is 0.909. The van der Waals surface area contributed by atoms with Crippen molar-refractivity contribution in [3.05, 3.63) is 0 Å². The minimum atomic E-state index is -1.84. The van der Waals surface area contributed by atoms with Crippen LogP contribution in [0.3, 0.4) is 0 Å². The summed E-state index contributed by atoms with van der Waals surface area (Å²) in [5.74, 6) is -0.00962. The molecule has 0 aromatic heterocycles. The molecule has 0 aliphatic rings. The van der Waals surface area contributed by atoms with Gasteiger partial charge in [-0.15, -0.1) is 0 Å². The summed E-state index contributed by atoms with van der Waals surface area (Å²) >= 11 is 0. The highest BCUT2D eigenvalue weighted by atomic mass is 28.4. The largest absolute Gasteiger partial charge is 0.437 e. The maximum Gasteiger partial charge on any atom is 0.374 e. The predicted molar refractivity (Wildman–Crippen MR) is 74.6 cm³/mol. The summed E-state index contributed by atoms with van der Waals surface area (Å²) in [5, 5.41) is 12.2. The molecule has 0 amide bonds. The van der Waals surface area contributed by atoms with Crippen molar-refractivity contribution in [2.75, 3.05) is 6.61 Å².